The Morgan fingerprint density at radius 3 is 0.684 bits per heavy atom. The predicted molar refractivity (Wildman–Crippen MR) is 154 cm³/mol. The van der Waals surface area contributed by atoms with Gasteiger partial charge in [0, 0.05) is 26.2 Å². The molecule has 2 aromatic heterocycles. The summed E-state index contributed by atoms with van der Waals surface area (Å²) >= 11 is 19.1. The van der Waals surface area contributed by atoms with Crippen LogP contribution < -0.4 is 59.6 Å². The van der Waals surface area contributed by atoms with Gasteiger partial charge in [0.2, 0.25) is 0 Å². The minimum atomic E-state index is 0. The third-order valence-corrected chi connectivity index (χ3v) is 3.42. The summed E-state index contributed by atoms with van der Waals surface area (Å²) < 4.78 is 0. The maximum Gasteiger partial charge on any atom is 3.00 e. The molecule has 0 aliphatic heterocycles. The van der Waals surface area contributed by atoms with Crippen LogP contribution in [0, 0.1) is 0 Å². The van der Waals surface area contributed by atoms with E-state index >= 15 is 0 Å². The normalized spacial score (nSPS) is 8.84. The SMILES string of the molecule is CN(C)Cc1ccc(CN(C)C)[n-]1.CN(C)Cc1ccc(CN(C)C)[n-]1.ClCCl.ClCCl.[Cl-].[Cl-].[Cl-].[Cl-].[Sb+3].[Sb+3]. The molecule has 38 heavy (non-hydrogen) atoms. The Kier molecular flexibility index (Phi) is 61.8. The van der Waals surface area contributed by atoms with E-state index in [1.807, 2.05) is 0 Å². The Hall–Kier alpha value is 2.36. The molecule has 4 radical (unpaired) electrons. The zero-order valence-corrected chi connectivity index (χ0v) is 34.3. The zero-order valence-electron chi connectivity index (χ0n) is 23.2. The van der Waals surface area contributed by atoms with Crippen LogP contribution in [-0.2, 0) is 26.2 Å². The molecular formula is C22H40Cl8N6Sb2. The summed E-state index contributed by atoms with van der Waals surface area (Å²) in [6, 6.07) is 8.38. The molecule has 0 saturated carbocycles. The van der Waals surface area contributed by atoms with Crippen molar-refractivity contribution in [1.29, 1.82) is 0 Å². The summed E-state index contributed by atoms with van der Waals surface area (Å²) in [5, 5.41) is 0.389. The monoisotopic (exact) mass is 910 g/mol. The van der Waals surface area contributed by atoms with Crippen molar-refractivity contribution in [3.8, 4) is 0 Å². The molecule has 0 aliphatic rings. The van der Waals surface area contributed by atoms with Gasteiger partial charge in [-0.2, -0.15) is 0 Å². The molecule has 0 fully saturated rings. The molecule has 6 nitrogen and oxygen atoms in total. The summed E-state index contributed by atoms with van der Waals surface area (Å²) in [5.41, 5.74) is 4.62. The number of aromatic nitrogens is 2. The van der Waals surface area contributed by atoms with Crippen LogP contribution in [-0.4, -0.2) is 136 Å². The van der Waals surface area contributed by atoms with Gasteiger partial charge in [0.1, 0.15) is 0 Å². The van der Waals surface area contributed by atoms with Gasteiger partial charge in [0.05, 0.1) is 10.7 Å². The average Bonchev–Trinajstić information content (AvgIpc) is 3.24. The fourth-order valence-electron chi connectivity index (χ4n) is 2.55. The van der Waals surface area contributed by atoms with Gasteiger partial charge in [-0.05, 0) is 56.4 Å². The van der Waals surface area contributed by atoms with E-state index in [4.69, 9.17) is 46.4 Å². The molecule has 0 aliphatic carbocycles. The van der Waals surface area contributed by atoms with E-state index in [-0.39, 0.29) is 109 Å². The molecule has 0 bridgehead atoms. The third-order valence-electron chi connectivity index (χ3n) is 3.42. The van der Waals surface area contributed by atoms with Gasteiger partial charge in [-0.3, -0.25) is 0 Å². The molecule has 16 heteroatoms. The van der Waals surface area contributed by atoms with E-state index in [1.54, 1.807) is 0 Å². The molecule has 2 heterocycles. The van der Waals surface area contributed by atoms with Crippen molar-refractivity contribution < 1.29 is 49.6 Å². The van der Waals surface area contributed by atoms with E-state index in [0.29, 0.717) is 0 Å². The molecule has 0 atom stereocenters. The van der Waals surface area contributed by atoms with E-state index < -0.39 is 0 Å². The maximum absolute atomic E-state index is 4.76. The molecule has 224 valence electrons. The molecular weight excluding hydrogens is 875 g/mol. The van der Waals surface area contributed by atoms with Gasteiger partial charge < -0.3 is 79.2 Å². The topological polar surface area (TPSA) is 41.2 Å². The van der Waals surface area contributed by atoms with E-state index in [9.17, 15) is 0 Å². The first-order chi connectivity index (χ1) is 15.0. The molecule has 0 unspecified atom stereocenters. The van der Waals surface area contributed by atoms with Crippen molar-refractivity contribution in [2.75, 3.05) is 67.1 Å². The van der Waals surface area contributed by atoms with Crippen LogP contribution in [0.4, 0.5) is 0 Å². The number of alkyl halides is 4. The summed E-state index contributed by atoms with van der Waals surface area (Å²) in [6.45, 7) is 3.70. The first-order valence-corrected chi connectivity index (χ1v) is 12.2. The van der Waals surface area contributed by atoms with E-state index in [2.05, 4.69) is 110 Å². The van der Waals surface area contributed by atoms with Crippen LogP contribution in [0.1, 0.15) is 22.8 Å². The molecule has 0 N–H and O–H groups in total. The van der Waals surface area contributed by atoms with Crippen molar-refractivity contribution in [1.82, 2.24) is 29.6 Å². The Balaban J connectivity index is -0.0000000577. The van der Waals surface area contributed by atoms with Crippen LogP contribution in [0.3, 0.4) is 0 Å². The van der Waals surface area contributed by atoms with Gasteiger partial charge in [0.15, 0.2) is 0 Å². The molecule has 0 spiro atoms. The number of rotatable bonds is 8. The molecule has 0 aromatic carbocycles. The number of halogens is 8. The molecule has 0 saturated heterocycles. The van der Waals surface area contributed by atoms with Crippen LogP contribution in [0.5, 0.6) is 0 Å². The maximum atomic E-state index is 4.76. The van der Waals surface area contributed by atoms with Gasteiger partial charge in [-0.15, -0.1) is 69.2 Å². The second kappa shape index (κ2) is 39.4. The first-order valence-electron chi connectivity index (χ1n) is 10.0. The first kappa shape index (κ1) is 59.7. The van der Waals surface area contributed by atoms with Gasteiger partial charge in [0.25, 0.3) is 0 Å². The van der Waals surface area contributed by atoms with E-state index in [0.717, 1.165) is 49.0 Å². The zero-order chi connectivity index (χ0) is 25.1. The van der Waals surface area contributed by atoms with Crippen LogP contribution in [0.25, 0.3) is 0 Å². The van der Waals surface area contributed by atoms with Crippen LogP contribution >= 0.6 is 46.4 Å². The summed E-state index contributed by atoms with van der Waals surface area (Å²) in [6.07, 6.45) is 0. The number of nitrogens with zero attached hydrogens (tertiary/aromatic N) is 6. The Morgan fingerprint density at radius 2 is 0.579 bits per heavy atom. The summed E-state index contributed by atoms with van der Waals surface area (Å²) in [7, 11) is 16.4. The fraction of sp³-hybridized carbons (Fsp3) is 0.636. The van der Waals surface area contributed by atoms with Crippen LogP contribution in [0.15, 0.2) is 24.3 Å². The van der Waals surface area contributed by atoms with E-state index in [1.165, 1.54) is 0 Å². The van der Waals surface area contributed by atoms with Gasteiger partial charge in [-0.25, -0.2) is 0 Å². The second-order valence-electron chi connectivity index (χ2n) is 8.01. The Bertz CT molecular complexity index is 573. The van der Waals surface area contributed by atoms with Gasteiger partial charge in [-0.1, -0.05) is 24.3 Å². The van der Waals surface area contributed by atoms with Crippen molar-refractivity contribution in [2.45, 2.75) is 26.2 Å². The number of hydrogen-bond acceptors (Lipinski definition) is 4. The molecule has 2 aromatic rings. The summed E-state index contributed by atoms with van der Waals surface area (Å²) in [4.78, 5) is 17.5. The number of hydrogen-bond donors (Lipinski definition) is 0. The third kappa shape index (κ3) is 40.5. The van der Waals surface area contributed by atoms with Crippen LogP contribution in [0.2, 0.25) is 0 Å². The quantitative estimate of drug-likeness (QED) is 0.194. The largest absolute Gasteiger partial charge is 3.00 e. The summed E-state index contributed by atoms with van der Waals surface area (Å²) in [5.74, 6) is 0. The Labute approximate surface area is 311 Å². The molecule has 0 amide bonds. The van der Waals surface area contributed by atoms with Crippen molar-refractivity contribution in [3.63, 3.8) is 0 Å². The smallest absolute Gasteiger partial charge is 1.00 e. The standard InChI is InChI=1S/2C10H18N3.2CH2Cl2.4ClH.2Sb/c2*1-12(2)7-9-5-6-10(11-9)8-13(3)4;2*2-1-3;;;;;;/h2*5-6H,7-8H2,1-4H3;2*1H2;4*1H;;/q2*-1;;;;;;;2*+3/p-4. The fourth-order valence-corrected chi connectivity index (χ4v) is 2.55. The Morgan fingerprint density at radius 1 is 0.447 bits per heavy atom. The van der Waals surface area contributed by atoms with Crippen molar-refractivity contribution >= 4 is 95.3 Å². The van der Waals surface area contributed by atoms with Crippen molar-refractivity contribution in [2.24, 2.45) is 0 Å². The predicted octanol–water partition coefficient (Wildman–Crippen LogP) is -8.37. The molecule has 2 rings (SSSR count). The van der Waals surface area contributed by atoms with Gasteiger partial charge >= 0.3 is 48.9 Å². The minimum absolute atomic E-state index is 0. The average molecular weight is 916 g/mol. The van der Waals surface area contributed by atoms with Crippen molar-refractivity contribution in [3.05, 3.63) is 47.0 Å². The second-order valence-corrected chi connectivity index (χ2v) is 9.63. The minimum Gasteiger partial charge on any atom is -1.00 e.